The molecular formula is C32H29F3N6O2. The van der Waals surface area contributed by atoms with E-state index in [0.717, 1.165) is 31.4 Å². The number of carbonyl (C=O) groups is 1. The van der Waals surface area contributed by atoms with E-state index >= 15 is 0 Å². The van der Waals surface area contributed by atoms with Gasteiger partial charge in [0.05, 0.1) is 5.56 Å². The Morgan fingerprint density at radius 3 is 2.42 bits per heavy atom. The number of aliphatic hydroxyl groups excluding tert-OH is 1. The molecule has 2 aromatic carbocycles. The van der Waals surface area contributed by atoms with Gasteiger partial charge in [0.1, 0.15) is 17.3 Å². The molecule has 3 heterocycles. The van der Waals surface area contributed by atoms with Crippen LogP contribution in [0.3, 0.4) is 0 Å². The molecule has 0 spiro atoms. The quantitative estimate of drug-likeness (QED) is 0.191. The highest BCUT2D eigenvalue weighted by Crippen LogP contribution is 2.35. The second kappa shape index (κ2) is 11.6. The summed E-state index contributed by atoms with van der Waals surface area (Å²) in [5, 5.41) is 14.5. The Hall–Kier alpha value is -4.64. The highest BCUT2D eigenvalue weighted by molar-refractivity contribution is 5.89. The SMILES string of the molecule is CC(Nc1nc(C=O)nc2nc(-c3cc(C(O)c4ccccc4)ccn3)n(Cc3ccc(C(F)(F)F)cc3)c12)C1CCC1. The summed E-state index contributed by atoms with van der Waals surface area (Å²) in [6.45, 7) is 2.19. The molecule has 220 valence electrons. The first-order valence-electron chi connectivity index (χ1n) is 14.1. The predicted octanol–water partition coefficient (Wildman–Crippen LogP) is 6.45. The molecule has 2 unspecified atom stereocenters. The van der Waals surface area contributed by atoms with E-state index < -0.39 is 17.8 Å². The van der Waals surface area contributed by atoms with Crippen molar-refractivity contribution in [3.63, 3.8) is 0 Å². The van der Waals surface area contributed by atoms with Crippen LogP contribution >= 0.6 is 0 Å². The molecule has 11 heteroatoms. The Morgan fingerprint density at radius 1 is 1.02 bits per heavy atom. The number of hydrogen-bond acceptors (Lipinski definition) is 7. The molecule has 2 N–H and O–H groups in total. The second-order valence-corrected chi connectivity index (χ2v) is 10.8. The lowest BCUT2D eigenvalue weighted by Crippen LogP contribution is -2.31. The van der Waals surface area contributed by atoms with Crippen molar-refractivity contribution in [1.82, 2.24) is 24.5 Å². The number of imidazole rings is 1. The van der Waals surface area contributed by atoms with E-state index in [9.17, 15) is 23.1 Å². The number of carbonyl (C=O) groups excluding carboxylic acids is 1. The number of nitrogens with one attached hydrogen (secondary N) is 1. The van der Waals surface area contributed by atoms with Gasteiger partial charge in [-0.3, -0.25) is 9.78 Å². The maximum Gasteiger partial charge on any atom is 0.416 e. The van der Waals surface area contributed by atoms with Crippen LogP contribution in [0.25, 0.3) is 22.7 Å². The van der Waals surface area contributed by atoms with Crippen molar-refractivity contribution in [1.29, 1.82) is 0 Å². The molecular weight excluding hydrogens is 557 g/mol. The van der Waals surface area contributed by atoms with Crippen LogP contribution in [0.2, 0.25) is 0 Å². The number of anilines is 1. The summed E-state index contributed by atoms with van der Waals surface area (Å²) in [4.78, 5) is 29.9. The van der Waals surface area contributed by atoms with E-state index in [-0.39, 0.29) is 24.1 Å². The number of halogens is 3. The summed E-state index contributed by atoms with van der Waals surface area (Å²) in [6.07, 6.45) is 0.0729. The van der Waals surface area contributed by atoms with Crippen molar-refractivity contribution in [2.75, 3.05) is 5.32 Å². The molecule has 0 radical (unpaired) electrons. The molecule has 5 aromatic rings. The topological polar surface area (TPSA) is 106 Å². The van der Waals surface area contributed by atoms with Crippen molar-refractivity contribution in [3.8, 4) is 11.5 Å². The van der Waals surface area contributed by atoms with Crippen molar-refractivity contribution < 1.29 is 23.1 Å². The number of nitrogens with zero attached hydrogens (tertiary/aromatic N) is 5. The molecule has 0 amide bonds. The zero-order chi connectivity index (χ0) is 30.1. The van der Waals surface area contributed by atoms with Gasteiger partial charge >= 0.3 is 6.18 Å². The van der Waals surface area contributed by atoms with Gasteiger partial charge in [0.15, 0.2) is 29.4 Å². The van der Waals surface area contributed by atoms with Crippen LogP contribution in [-0.4, -0.2) is 41.9 Å². The molecule has 0 aliphatic heterocycles. The van der Waals surface area contributed by atoms with Crippen molar-refractivity contribution >= 4 is 23.3 Å². The second-order valence-electron chi connectivity index (χ2n) is 10.8. The number of fused-ring (bicyclic) bond motifs is 1. The first-order chi connectivity index (χ1) is 20.7. The summed E-state index contributed by atoms with van der Waals surface area (Å²) in [5.41, 5.74) is 2.30. The van der Waals surface area contributed by atoms with Gasteiger partial charge in [-0.25, -0.2) is 15.0 Å². The minimum atomic E-state index is -4.46. The van der Waals surface area contributed by atoms with E-state index in [1.807, 2.05) is 30.3 Å². The van der Waals surface area contributed by atoms with Gasteiger partial charge in [-0.2, -0.15) is 13.2 Å². The number of alkyl halides is 3. The van der Waals surface area contributed by atoms with Crippen LogP contribution in [0, 0.1) is 5.92 Å². The summed E-state index contributed by atoms with van der Waals surface area (Å²) in [5.74, 6) is 1.20. The fraction of sp³-hybridized carbons (Fsp3) is 0.281. The van der Waals surface area contributed by atoms with Crippen molar-refractivity contribution in [2.45, 2.75) is 51.1 Å². The molecule has 1 aliphatic rings. The number of rotatable bonds is 9. The third kappa shape index (κ3) is 5.85. The third-order valence-electron chi connectivity index (χ3n) is 8.01. The Balaban J connectivity index is 1.49. The molecule has 43 heavy (non-hydrogen) atoms. The first-order valence-corrected chi connectivity index (χ1v) is 14.1. The average Bonchev–Trinajstić information content (AvgIpc) is 3.34. The highest BCUT2D eigenvalue weighted by atomic mass is 19.4. The van der Waals surface area contributed by atoms with Crippen molar-refractivity contribution in [2.24, 2.45) is 5.92 Å². The van der Waals surface area contributed by atoms with E-state index in [4.69, 9.17) is 4.98 Å². The highest BCUT2D eigenvalue weighted by Gasteiger charge is 2.30. The first kappa shape index (κ1) is 28.5. The van der Waals surface area contributed by atoms with Gasteiger partial charge < -0.3 is 15.0 Å². The van der Waals surface area contributed by atoms with E-state index in [2.05, 4.69) is 27.2 Å². The number of pyridine rings is 1. The van der Waals surface area contributed by atoms with Crippen LogP contribution in [0.4, 0.5) is 19.0 Å². The summed E-state index contributed by atoms with van der Waals surface area (Å²) in [6, 6.07) is 17.6. The van der Waals surface area contributed by atoms with Crippen LogP contribution in [0.1, 0.15) is 65.2 Å². The Kier molecular flexibility index (Phi) is 7.66. The summed E-state index contributed by atoms with van der Waals surface area (Å²) in [7, 11) is 0. The van der Waals surface area contributed by atoms with Gasteiger partial charge in [-0.1, -0.05) is 48.9 Å². The Morgan fingerprint density at radius 2 is 1.77 bits per heavy atom. The lowest BCUT2D eigenvalue weighted by molar-refractivity contribution is -0.137. The zero-order valence-corrected chi connectivity index (χ0v) is 23.3. The van der Waals surface area contributed by atoms with Crippen LogP contribution < -0.4 is 5.32 Å². The minimum Gasteiger partial charge on any atom is -0.384 e. The van der Waals surface area contributed by atoms with Gasteiger partial charge in [-0.05, 0) is 66.6 Å². The van der Waals surface area contributed by atoms with Gasteiger partial charge in [0, 0.05) is 18.8 Å². The van der Waals surface area contributed by atoms with E-state index in [0.29, 0.717) is 51.7 Å². The number of aldehydes is 1. The van der Waals surface area contributed by atoms with Crippen LogP contribution in [0.15, 0.2) is 72.9 Å². The molecule has 0 saturated heterocycles. The molecule has 0 bridgehead atoms. The fourth-order valence-electron chi connectivity index (χ4n) is 5.38. The summed E-state index contributed by atoms with van der Waals surface area (Å²) < 4.78 is 41.6. The van der Waals surface area contributed by atoms with Crippen molar-refractivity contribution in [3.05, 3.63) is 101 Å². The van der Waals surface area contributed by atoms with Gasteiger partial charge in [0.2, 0.25) is 0 Å². The molecule has 1 fully saturated rings. The van der Waals surface area contributed by atoms with Crippen LogP contribution in [-0.2, 0) is 12.7 Å². The maximum atomic E-state index is 13.3. The lowest BCUT2D eigenvalue weighted by Gasteiger charge is -2.32. The fourth-order valence-corrected chi connectivity index (χ4v) is 5.38. The average molecular weight is 587 g/mol. The monoisotopic (exact) mass is 586 g/mol. The largest absolute Gasteiger partial charge is 0.416 e. The Labute approximate surface area is 245 Å². The van der Waals surface area contributed by atoms with Gasteiger partial charge in [0.25, 0.3) is 0 Å². The Bertz CT molecular complexity index is 1750. The normalized spacial score (nSPS) is 15.2. The molecule has 8 nitrogen and oxygen atoms in total. The molecule has 2 atom stereocenters. The molecule has 6 rings (SSSR count). The lowest BCUT2D eigenvalue weighted by atomic mass is 9.80. The standard InChI is InChI=1S/C32H29F3N6O2/c1-19(21-8-5-9-21)37-29-27-30(39-26(18-42)38-29)40-31(41(27)17-20-10-12-24(13-11-20)32(33,34)35)25-16-23(14-15-36-25)28(43)22-6-3-2-4-7-22/h2-4,6-7,10-16,18-19,21,28,43H,5,8-9,17H2,1H3,(H,37,38,39). The zero-order valence-electron chi connectivity index (χ0n) is 23.3. The molecule has 1 aliphatic carbocycles. The number of aromatic nitrogens is 5. The number of aliphatic hydroxyl groups is 1. The minimum absolute atomic E-state index is 0.0391. The molecule has 3 aromatic heterocycles. The van der Waals surface area contributed by atoms with E-state index in [1.54, 1.807) is 22.9 Å². The molecule has 1 saturated carbocycles. The third-order valence-corrected chi connectivity index (χ3v) is 8.01. The number of benzene rings is 2. The van der Waals surface area contributed by atoms with E-state index in [1.165, 1.54) is 12.1 Å². The van der Waals surface area contributed by atoms with Gasteiger partial charge in [-0.15, -0.1) is 0 Å². The predicted molar refractivity (Wildman–Crippen MR) is 155 cm³/mol. The summed E-state index contributed by atoms with van der Waals surface area (Å²) >= 11 is 0. The van der Waals surface area contributed by atoms with Crippen LogP contribution in [0.5, 0.6) is 0 Å². The smallest absolute Gasteiger partial charge is 0.384 e. The maximum absolute atomic E-state index is 13.3. The number of hydrogen-bond donors (Lipinski definition) is 2.